The highest BCUT2D eigenvalue weighted by molar-refractivity contribution is 6.35. The molecular formula is C18H18Cl2O3. The Kier molecular flexibility index (Phi) is 5.31. The van der Waals surface area contributed by atoms with Crippen molar-refractivity contribution >= 4 is 23.2 Å². The molecule has 2 unspecified atom stereocenters. The van der Waals surface area contributed by atoms with Crippen LogP contribution >= 0.6 is 23.2 Å². The Morgan fingerprint density at radius 1 is 0.913 bits per heavy atom. The summed E-state index contributed by atoms with van der Waals surface area (Å²) in [4.78, 5) is 0. The van der Waals surface area contributed by atoms with E-state index in [-0.39, 0.29) is 12.2 Å². The summed E-state index contributed by atoms with van der Waals surface area (Å²) < 4.78 is 11.6. The SMILES string of the molecule is OC1CCCCC1Oc1ccc(Oc2ccc(Cl)cc2Cl)cc1. The van der Waals surface area contributed by atoms with Crippen LogP contribution in [0.2, 0.25) is 10.0 Å². The standard InChI is InChI=1S/C18H18Cl2O3/c19-12-5-10-17(15(20)11-12)22-13-6-8-14(9-7-13)23-18-4-2-1-3-16(18)21/h5-11,16,18,21H,1-4H2. The fourth-order valence-corrected chi connectivity index (χ4v) is 3.11. The molecule has 23 heavy (non-hydrogen) atoms. The van der Waals surface area contributed by atoms with Crippen LogP contribution in [0.4, 0.5) is 0 Å². The van der Waals surface area contributed by atoms with E-state index in [0.717, 1.165) is 31.4 Å². The Morgan fingerprint density at radius 2 is 1.61 bits per heavy atom. The summed E-state index contributed by atoms with van der Waals surface area (Å²) in [6, 6.07) is 12.4. The molecular weight excluding hydrogens is 335 g/mol. The van der Waals surface area contributed by atoms with Crippen molar-refractivity contribution in [2.75, 3.05) is 0 Å². The molecule has 2 atom stereocenters. The maximum Gasteiger partial charge on any atom is 0.146 e. The zero-order valence-electron chi connectivity index (χ0n) is 12.5. The molecule has 122 valence electrons. The van der Waals surface area contributed by atoms with Gasteiger partial charge in [-0.3, -0.25) is 0 Å². The maximum atomic E-state index is 9.96. The Hall–Kier alpha value is -1.42. The van der Waals surface area contributed by atoms with Gasteiger partial charge in [0.15, 0.2) is 0 Å². The van der Waals surface area contributed by atoms with Gasteiger partial charge in [0.2, 0.25) is 0 Å². The lowest BCUT2D eigenvalue weighted by molar-refractivity contribution is 0.00686. The van der Waals surface area contributed by atoms with Crippen molar-refractivity contribution < 1.29 is 14.6 Å². The molecule has 3 rings (SSSR count). The fraction of sp³-hybridized carbons (Fsp3) is 0.333. The molecule has 5 heteroatoms. The van der Waals surface area contributed by atoms with Gasteiger partial charge in [0, 0.05) is 5.02 Å². The summed E-state index contributed by atoms with van der Waals surface area (Å²) in [5.74, 6) is 1.93. The number of aliphatic hydroxyl groups is 1. The molecule has 1 saturated carbocycles. The van der Waals surface area contributed by atoms with E-state index >= 15 is 0 Å². The quantitative estimate of drug-likeness (QED) is 0.792. The van der Waals surface area contributed by atoms with Gasteiger partial charge in [0.25, 0.3) is 0 Å². The van der Waals surface area contributed by atoms with Gasteiger partial charge in [0.1, 0.15) is 23.4 Å². The third-order valence-corrected chi connectivity index (χ3v) is 4.43. The van der Waals surface area contributed by atoms with Crippen molar-refractivity contribution in [3.8, 4) is 17.2 Å². The molecule has 2 aromatic rings. The molecule has 1 fully saturated rings. The van der Waals surface area contributed by atoms with Gasteiger partial charge in [-0.05, 0) is 61.7 Å². The van der Waals surface area contributed by atoms with Crippen molar-refractivity contribution in [2.45, 2.75) is 37.9 Å². The molecule has 0 spiro atoms. The normalized spacial score (nSPS) is 21.0. The van der Waals surface area contributed by atoms with Crippen LogP contribution in [0.1, 0.15) is 25.7 Å². The number of ether oxygens (including phenoxy) is 2. The second-order valence-electron chi connectivity index (χ2n) is 5.66. The molecule has 1 aliphatic carbocycles. The van der Waals surface area contributed by atoms with Crippen LogP contribution in [0.5, 0.6) is 17.2 Å². The number of hydrogen-bond donors (Lipinski definition) is 1. The van der Waals surface area contributed by atoms with Crippen molar-refractivity contribution in [3.63, 3.8) is 0 Å². The number of aliphatic hydroxyl groups excluding tert-OH is 1. The van der Waals surface area contributed by atoms with Crippen LogP contribution in [0.3, 0.4) is 0 Å². The Bertz CT molecular complexity index is 658. The van der Waals surface area contributed by atoms with Gasteiger partial charge in [-0.1, -0.05) is 29.6 Å². The summed E-state index contributed by atoms with van der Waals surface area (Å²) in [6.45, 7) is 0. The summed E-state index contributed by atoms with van der Waals surface area (Å²) in [7, 11) is 0. The number of hydrogen-bond acceptors (Lipinski definition) is 3. The third kappa shape index (κ3) is 4.31. The van der Waals surface area contributed by atoms with Gasteiger partial charge >= 0.3 is 0 Å². The molecule has 0 aliphatic heterocycles. The molecule has 0 aromatic heterocycles. The van der Waals surface area contributed by atoms with Gasteiger partial charge < -0.3 is 14.6 Å². The number of halogens is 2. The van der Waals surface area contributed by atoms with E-state index in [1.807, 2.05) is 24.3 Å². The second kappa shape index (κ2) is 7.43. The van der Waals surface area contributed by atoms with Crippen molar-refractivity contribution in [3.05, 3.63) is 52.5 Å². The van der Waals surface area contributed by atoms with Crippen LogP contribution in [0.15, 0.2) is 42.5 Å². The molecule has 0 bridgehead atoms. The molecule has 1 N–H and O–H groups in total. The largest absolute Gasteiger partial charge is 0.488 e. The van der Waals surface area contributed by atoms with Gasteiger partial charge in [-0.25, -0.2) is 0 Å². The van der Waals surface area contributed by atoms with Crippen molar-refractivity contribution in [1.29, 1.82) is 0 Å². The Morgan fingerprint density at radius 3 is 2.30 bits per heavy atom. The highest BCUT2D eigenvalue weighted by Crippen LogP contribution is 2.32. The summed E-state index contributed by atoms with van der Waals surface area (Å²) in [5, 5.41) is 11.0. The maximum absolute atomic E-state index is 9.96. The van der Waals surface area contributed by atoms with Crippen LogP contribution in [-0.2, 0) is 0 Å². The minimum Gasteiger partial charge on any atom is -0.488 e. The van der Waals surface area contributed by atoms with E-state index in [1.165, 1.54) is 0 Å². The van der Waals surface area contributed by atoms with E-state index in [1.54, 1.807) is 18.2 Å². The summed E-state index contributed by atoms with van der Waals surface area (Å²) >= 11 is 12.0. The summed E-state index contributed by atoms with van der Waals surface area (Å²) in [6.07, 6.45) is 3.35. The molecule has 0 saturated heterocycles. The molecule has 3 nitrogen and oxygen atoms in total. The van der Waals surface area contributed by atoms with Gasteiger partial charge in [0.05, 0.1) is 11.1 Å². The highest BCUT2D eigenvalue weighted by Gasteiger charge is 2.24. The Labute approximate surface area is 145 Å². The first kappa shape index (κ1) is 16.4. The minimum absolute atomic E-state index is 0.124. The zero-order chi connectivity index (χ0) is 16.2. The fourth-order valence-electron chi connectivity index (χ4n) is 2.66. The zero-order valence-corrected chi connectivity index (χ0v) is 14.1. The first-order valence-corrected chi connectivity index (χ1v) is 8.45. The predicted octanol–water partition coefficient (Wildman–Crippen LogP) is 5.47. The average molecular weight is 353 g/mol. The molecule has 0 radical (unpaired) electrons. The monoisotopic (exact) mass is 352 g/mol. The van der Waals surface area contributed by atoms with E-state index in [2.05, 4.69) is 0 Å². The van der Waals surface area contributed by atoms with Crippen LogP contribution in [0.25, 0.3) is 0 Å². The third-order valence-electron chi connectivity index (χ3n) is 3.90. The topological polar surface area (TPSA) is 38.7 Å². The van der Waals surface area contributed by atoms with Crippen molar-refractivity contribution in [2.24, 2.45) is 0 Å². The van der Waals surface area contributed by atoms with E-state index < -0.39 is 0 Å². The first-order valence-electron chi connectivity index (χ1n) is 7.69. The molecule has 2 aromatic carbocycles. The minimum atomic E-state index is -0.382. The number of rotatable bonds is 4. The lowest BCUT2D eigenvalue weighted by atomic mass is 9.95. The van der Waals surface area contributed by atoms with E-state index in [0.29, 0.717) is 21.5 Å². The lowest BCUT2D eigenvalue weighted by Crippen LogP contribution is -2.34. The second-order valence-corrected chi connectivity index (χ2v) is 6.50. The molecule has 0 heterocycles. The molecule has 0 amide bonds. The van der Waals surface area contributed by atoms with E-state index in [9.17, 15) is 5.11 Å². The Balaban J connectivity index is 1.64. The smallest absolute Gasteiger partial charge is 0.146 e. The van der Waals surface area contributed by atoms with Gasteiger partial charge in [-0.2, -0.15) is 0 Å². The molecule has 1 aliphatic rings. The average Bonchev–Trinajstić information content (AvgIpc) is 2.54. The lowest BCUT2D eigenvalue weighted by Gasteiger charge is -2.28. The number of benzene rings is 2. The van der Waals surface area contributed by atoms with Crippen LogP contribution < -0.4 is 9.47 Å². The van der Waals surface area contributed by atoms with E-state index in [4.69, 9.17) is 32.7 Å². The highest BCUT2D eigenvalue weighted by atomic mass is 35.5. The first-order chi connectivity index (χ1) is 11.1. The van der Waals surface area contributed by atoms with Crippen LogP contribution in [-0.4, -0.2) is 17.3 Å². The summed E-state index contributed by atoms with van der Waals surface area (Å²) in [5.41, 5.74) is 0. The van der Waals surface area contributed by atoms with Crippen molar-refractivity contribution in [1.82, 2.24) is 0 Å². The predicted molar refractivity (Wildman–Crippen MR) is 91.9 cm³/mol. The van der Waals surface area contributed by atoms with Crippen LogP contribution in [0, 0.1) is 0 Å². The van der Waals surface area contributed by atoms with Gasteiger partial charge in [-0.15, -0.1) is 0 Å².